The molecule has 0 fully saturated rings. The zero-order chi connectivity index (χ0) is 9.82. The molecule has 0 aliphatic rings. The smallest absolute Gasteiger partial charge is 0.379 e. The summed E-state index contributed by atoms with van der Waals surface area (Å²) in [7, 11) is 3.05. The number of nitrogens with two attached hydrogens (primary N) is 1. The topological polar surface area (TPSA) is 53.7 Å². The van der Waals surface area contributed by atoms with E-state index < -0.39 is 9.53 Å². The van der Waals surface area contributed by atoms with Gasteiger partial charge in [-0.15, -0.1) is 0 Å². The van der Waals surface area contributed by atoms with Crippen LogP contribution in [0.4, 0.5) is 0 Å². The molecule has 76 valence electrons. The second-order valence-electron chi connectivity index (χ2n) is 2.14. The van der Waals surface area contributed by atoms with Crippen LogP contribution in [0.25, 0.3) is 0 Å². The molecule has 12 heavy (non-hydrogen) atoms. The zero-order valence-electron chi connectivity index (χ0n) is 8.50. The molecule has 4 nitrogen and oxygen atoms in total. The molecule has 0 aromatic heterocycles. The molecule has 2 N–H and O–H groups in total. The molecule has 0 unspecified atom stereocenters. The van der Waals surface area contributed by atoms with Gasteiger partial charge in [-0.3, -0.25) is 0 Å². The summed E-state index contributed by atoms with van der Waals surface area (Å²) in [5, 5.41) is 0. The maximum atomic E-state index is 5.14. The second kappa shape index (κ2) is 13.6. The van der Waals surface area contributed by atoms with Crippen LogP contribution < -0.4 is 5.73 Å². The average molecular weight is 195 g/mol. The van der Waals surface area contributed by atoms with Crippen molar-refractivity contribution in [2.75, 3.05) is 27.9 Å². The normalized spacial score (nSPS) is 9.50. The largest absolute Gasteiger partial charge is 0.483 e. The first-order valence-corrected chi connectivity index (χ1v) is 5.46. The summed E-state index contributed by atoms with van der Waals surface area (Å²) in [6.45, 7) is 2.98. The molecule has 0 saturated heterocycles. The molecule has 0 atom stereocenters. The standard InChI is InChI=1S/C4H11N.C3H10O3Si/c1-2-3-4-5;1-4-7(5-2)6-3/h2-5H2,1H3;7H,1-3H3. The number of hydrogen-bond donors (Lipinski definition) is 1. The van der Waals surface area contributed by atoms with Gasteiger partial charge in [0.1, 0.15) is 0 Å². The number of unbranched alkanes of at least 4 members (excludes halogenated alkanes) is 1. The molecule has 5 heteroatoms. The van der Waals surface area contributed by atoms with E-state index in [1.54, 1.807) is 21.3 Å². The van der Waals surface area contributed by atoms with Crippen LogP contribution in [0.1, 0.15) is 19.8 Å². The summed E-state index contributed by atoms with van der Waals surface area (Å²) in [6, 6.07) is 0. The lowest BCUT2D eigenvalue weighted by Crippen LogP contribution is -2.21. The summed E-state index contributed by atoms with van der Waals surface area (Å²) < 4.78 is 14.2. The summed E-state index contributed by atoms with van der Waals surface area (Å²) in [5.74, 6) is 0. The van der Waals surface area contributed by atoms with Gasteiger partial charge < -0.3 is 19.0 Å². The van der Waals surface area contributed by atoms with Crippen LogP contribution in [0.5, 0.6) is 0 Å². The first kappa shape index (κ1) is 14.6. The maximum Gasteiger partial charge on any atom is 0.483 e. The monoisotopic (exact) mass is 195 g/mol. The minimum atomic E-state index is -1.67. The summed E-state index contributed by atoms with van der Waals surface area (Å²) in [4.78, 5) is 0. The van der Waals surface area contributed by atoms with E-state index in [1.807, 2.05) is 0 Å². The number of hydrogen-bond acceptors (Lipinski definition) is 4. The van der Waals surface area contributed by atoms with E-state index >= 15 is 0 Å². The molecule has 0 rings (SSSR count). The highest BCUT2D eigenvalue weighted by Crippen LogP contribution is 1.81. The third-order valence-electron chi connectivity index (χ3n) is 1.14. The molecule has 0 bridgehead atoms. The fraction of sp³-hybridized carbons (Fsp3) is 1.00. The third kappa shape index (κ3) is 12.7. The highest BCUT2D eigenvalue weighted by atomic mass is 28.3. The Bertz CT molecular complexity index is 64.2. The van der Waals surface area contributed by atoms with Crippen molar-refractivity contribution in [1.82, 2.24) is 0 Å². The van der Waals surface area contributed by atoms with Gasteiger partial charge in [-0.1, -0.05) is 13.3 Å². The van der Waals surface area contributed by atoms with E-state index in [9.17, 15) is 0 Å². The van der Waals surface area contributed by atoms with Crippen LogP contribution in [0, 0.1) is 0 Å². The lowest BCUT2D eigenvalue weighted by molar-refractivity contribution is 0.163. The minimum absolute atomic E-state index is 0.844. The van der Waals surface area contributed by atoms with Gasteiger partial charge in [-0.2, -0.15) is 0 Å². The van der Waals surface area contributed by atoms with Gasteiger partial charge in [0.25, 0.3) is 0 Å². The third-order valence-corrected chi connectivity index (χ3v) is 2.29. The summed E-state index contributed by atoms with van der Waals surface area (Å²) in [6.07, 6.45) is 2.39. The maximum absolute atomic E-state index is 5.14. The highest BCUT2D eigenvalue weighted by molar-refractivity contribution is 6.36. The molecule has 0 saturated carbocycles. The van der Waals surface area contributed by atoms with E-state index in [0.29, 0.717) is 0 Å². The molecule has 0 aliphatic heterocycles. The Hall–Kier alpha value is 0.0569. The zero-order valence-corrected chi connectivity index (χ0v) is 9.66. The first-order chi connectivity index (χ1) is 5.76. The lowest BCUT2D eigenvalue weighted by atomic mass is 10.3. The molecular formula is C7H21NO3Si. The second-order valence-corrected chi connectivity index (χ2v) is 4.13. The SMILES string of the molecule is CCCCN.CO[SiH](OC)OC. The predicted molar refractivity (Wildman–Crippen MR) is 52.1 cm³/mol. The molecule has 0 aliphatic carbocycles. The van der Waals surface area contributed by atoms with Gasteiger partial charge in [0.2, 0.25) is 0 Å². The van der Waals surface area contributed by atoms with Gasteiger partial charge in [-0.05, 0) is 13.0 Å². The van der Waals surface area contributed by atoms with E-state index in [1.165, 1.54) is 12.8 Å². The van der Waals surface area contributed by atoms with Crippen LogP contribution in [0.15, 0.2) is 0 Å². The predicted octanol–water partition coefficient (Wildman–Crippen LogP) is 0.388. The van der Waals surface area contributed by atoms with Crippen molar-refractivity contribution in [1.29, 1.82) is 0 Å². The molecule has 0 spiro atoms. The molecule has 0 aromatic carbocycles. The van der Waals surface area contributed by atoms with Crippen molar-refractivity contribution < 1.29 is 13.3 Å². The van der Waals surface area contributed by atoms with Gasteiger partial charge in [-0.25, -0.2) is 0 Å². The van der Waals surface area contributed by atoms with Gasteiger partial charge in [0.15, 0.2) is 0 Å². The van der Waals surface area contributed by atoms with E-state index in [0.717, 1.165) is 6.54 Å². The average Bonchev–Trinajstić information content (AvgIpc) is 2.10. The molecule has 0 heterocycles. The van der Waals surface area contributed by atoms with Gasteiger partial charge in [0, 0.05) is 21.3 Å². The van der Waals surface area contributed by atoms with Crippen LogP contribution in [-0.2, 0) is 13.3 Å². The van der Waals surface area contributed by atoms with E-state index in [-0.39, 0.29) is 0 Å². The number of rotatable bonds is 5. The first-order valence-electron chi connectivity index (χ1n) is 4.05. The Morgan fingerprint density at radius 2 is 1.50 bits per heavy atom. The van der Waals surface area contributed by atoms with Gasteiger partial charge >= 0.3 is 9.53 Å². The van der Waals surface area contributed by atoms with Crippen LogP contribution in [-0.4, -0.2) is 37.4 Å². The molecule has 0 radical (unpaired) electrons. The lowest BCUT2D eigenvalue weighted by Gasteiger charge is -2.05. The Morgan fingerprint density at radius 3 is 1.50 bits per heavy atom. The van der Waals surface area contributed by atoms with Crippen LogP contribution in [0.2, 0.25) is 0 Å². The molecule has 0 aromatic rings. The summed E-state index contributed by atoms with van der Waals surface area (Å²) >= 11 is 0. The fourth-order valence-corrected chi connectivity index (χ4v) is 1.07. The Morgan fingerprint density at radius 1 is 1.08 bits per heavy atom. The Kier molecular flexibility index (Phi) is 16.6. The Balaban J connectivity index is 0. The van der Waals surface area contributed by atoms with Crippen molar-refractivity contribution in [3.05, 3.63) is 0 Å². The van der Waals surface area contributed by atoms with Gasteiger partial charge in [0.05, 0.1) is 0 Å². The van der Waals surface area contributed by atoms with E-state index in [2.05, 4.69) is 6.92 Å². The van der Waals surface area contributed by atoms with Crippen molar-refractivity contribution in [2.24, 2.45) is 5.73 Å². The van der Waals surface area contributed by atoms with Crippen molar-refractivity contribution in [2.45, 2.75) is 19.8 Å². The quantitative estimate of drug-likeness (QED) is 0.645. The van der Waals surface area contributed by atoms with Crippen molar-refractivity contribution >= 4 is 9.53 Å². The minimum Gasteiger partial charge on any atom is -0.379 e. The molecule has 0 amide bonds. The van der Waals surface area contributed by atoms with Crippen LogP contribution in [0.3, 0.4) is 0 Å². The molecular weight excluding hydrogens is 174 g/mol. The van der Waals surface area contributed by atoms with E-state index in [4.69, 9.17) is 19.0 Å². The summed E-state index contributed by atoms with van der Waals surface area (Å²) in [5.41, 5.74) is 5.14. The van der Waals surface area contributed by atoms with Crippen LogP contribution >= 0.6 is 0 Å². The highest BCUT2D eigenvalue weighted by Gasteiger charge is 2.04. The van der Waals surface area contributed by atoms with Crippen molar-refractivity contribution in [3.63, 3.8) is 0 Å². The Labute approximate surface area is 77.0 Å². The fourth-order valence-electron chi connectivity index (χ4n) is 0.493. The van der Waals surface area contributed by atoms with Crippen molar-refractivity contribution in [3.8, 4) is 0 Å².